The second-order valence-corrected chi connectivity index (χ2v) is 9.96. The summed E-state index contributed by atoms with van der Waals surface area (Å²) < 4.78 is 27.2. The SMILES string of the molecule is O=C(C1=CN2CCS(=O)(=O)N=C2C=C1)N1CCc2sccc2C1c1ccccc1. The molecule has 3 aliphatic rings. The molecule has 29 heavy (non-hydrogen) atoms. The van der Waals surface area contributed by atoms with Gasteiger partial charge in [-0.3, -0.25) is 4.79 Å². The summed E-state index contributed by atoms with van der Waals surface area (Å²) in [5.41, 5.74) is 2.82. The molecule has 0 N–H and O–H groups in total. The van der Waals surface area contributed by atoms with Crippen molar-refractivity contribution in [3.8, 4) is 0 Å². The highest BCUT2D eigenvalue weighted by atomic mass is 32.2. The first-order valence-electron chi connectivity index (χ1n) is 9.43. The summed E-state index contributed by atoms with van der Waals surface area (Å²) in [5, 5.41) is 2.09. The van der Waals surface area contributed by atoms with E-state index < -0.39 is 10.0 Å². The Morgan fingerprint density at radius 2 is 1.93 bits per heavy atom. The Morgan fingerprint density at radius 3 is 2.76 bits per heavy atom. The van der Waals surface area contributed by atoms with Crippen molar-refractivity contribution in [3.63, 3.8) is 0 Å². The Balaban J connectivity index is 1.50. The average Bonchev–Trinajstić information content (AvgIpc) is 3.21. The van der Waals surface area contributed by atoms with Crippen LogP contribution < -0.4 is 0 Å². The van der Waals surface area contributed by atoms with E-state index in [9.17, 15) is 13.2 Å². The highest BCUT2D eigenvalue weighted by molar-refractivity contribution is 7.90. The minimum atomic E-state index is -3.41. The fraction of sp³-hybridized carbons (Fsp3) is 0.238. The van der Waals surface area contributed by atoms with Gasteiger partial charge in [0.15, 0.2) is 0 Å². The second kappa shape index (κ2) is 6.96. The van der Waals surface area contributed by atoms with Gasteiger partial charge >= 0.3 is 0 Å². The predicted octanol–water partition coefficient (Wildman–Crippen LogP) is 2.72. The van der Waals surface area contributed by atoms with Crippen LogP contribution in [0.1, 0.15) is 22.0 Å². The van der Waals surface area contributed by atoms with E-state index in [4.69, 9.17) is 0 Å². The number of hydrogen-bond acceptors (Lipinski definition) is 5. The van der Waals surface area contributed by atoms with Crippen LogP contribution in [0.3, 0.4) is 0 Å². The lowest BCUT2D eigenvalue weighted by Gasteiger charge is -2.37. The summed E-state index contributed by atoms with van der Waals surface area (Å²) in [6, 6.07) is 12.1. The highest BCUT2D eigenvalue weighted by Gasteiger charge is 2.34. The third-order valence-electron chi connectivity index (χ3n) is 5.41. The van der Waals surface area contributed by atoms with Gasteiger partial charge in [0.2, 0.25) is 0 Å². The highest BCUT2D eigenvalue weighted by Crippen LogP contribution is 2.38. The van der Waals surface area contributed by atoms with Gasteiger partial charge < -0.3 is 9.80 Å². The van der Waals surface area contributed by atoms with Crippen LogP contribution in [0.4, 0.5) is 0 Å². The van der Waals surface area contributed by atoms with Crippen molar-refractivity contribution in [1.82, 2.24) is 9.80 Å². The molecule has 3 aliphatic heterocycles. The molecule has 6 nitrogen and oxygen atoms in total. The maximum atomic E-state index is 13.5. The van der Waals surface area contributed by atoms with Gasteiger partial charge in [0.1, 0.15) is 5.84 Å². The number of thiophene rings is 1. The van der Waals surface area contributed by atoms with Gasteiger partial charge in [-0.2, -0.15) is 0 Å². The molecule has 5 rings (SSSR count). The standard InChI is InChI=1S/C21H19N3O3S2/c25-21(16-6-7-19-22-29(26,27)13-11-23(19)14-16)24-10-8-18-17(9-12-28-18)20(24)15-4-2-1-3-5-15/h1-7,9,12,14,20H,8,10-11,13H2. The molecule has 4 heterocycles. The van der Waals surface area contributed by atoms with Crippen LogP contribution in [0.15, 0.2) is 70.1 Å². The van der Waals surface area contributed by atoms with E-state index >= 15 is 0 Å². The van der Waals surface area contributed by atoms with Crippen molar-refractivity contribution >= 4 is 33.1 Å². The zero-order valence-electron chi connectivity index (χ0n) is 15.6. The number of fused-ring (bicyclic) bond motifs is 2. The summed E-state index contributed by atoms with van der Waals surface area (Å²) in [6.07, 6.45) is 5.85. The number of sulfonamides is 1. The molecule has 0 radical (unpaired) electrons. The summed E-state index contributed by atoms with van der Waals surface area (Å²) in [5.74, 6) is 0.266. The largest absolute Gasteiger partial charge is 0.330 e. The lowest BCUT2D eigenvalue weighted by atomic mass is 9.92. The number of rotatable bonds is 2. The van der Waals surface area contributed by atoms with Crippen molar-refractivity contribution in [2.45, 2.75) is 12.5 Å². The number of benzene rings is 1. The minimum Gasteiger partial charge on any atom is -0.330 e. The molecule has 0 saturated carbocycles. The molecular weight excluding hydrogens is 406 g/mol. The summed E-state index contributed by atoms with van der Waals surface area (Å²) in [6.45, 7) is 0.950. The monoisotopic (exact) mass is 425 g/mol. The van der Waals surface area contributed by atoms with Gasteiger partial charge in [0.25, 0.3) is 15.9 Å². The van der Waals surface area contributed by atoms with Crippen LogP contribution in [0.25, 0.3) is 0 Å². The number of carbonyl (C=O) groups excluding carboxylic acids is 1. The van der Waals surface area contributed by atoms with Crippen LogP contribution in [0, 0.1) is 0 Å². The number of hydrogen-bond donors (Lipinski definition) is 0. The Morgan fingerprint density at radius 1 is 1.10 bits per heavy atom. The fourth-order valence-electron chi connectivity index (χ4n) is 4.02. The number of carbonyl (C=O) groups is 1. The molecule has 0 saturated heterocycles. The molecule has 148 valence electrons. The molecular formula is C21H19N3O3S2. The van der Waals surface area contributed by atoms with E-state index in [1.54, 1.807) is 34.6 Å². The third kappa shape index (κ3) is 3.32. The Labute approximate surface area is 173 Å². The first kappa shape index (κ1) is 18.3. The van der Waals surface area contributed by atoms with Crippen molar-refractivity contribution in [2.24, 2.45) is 4.40 Å². The molecule has 8 heteroatoms. The quantitative estimate of drug-likeness (QED) is 0.742. The number of amides is 1. The number of nitrogens with zero attached hydrogens (tertiary/aromatic N) is 3. The van der Waals surface area contributed by atoms with E-state index in [0.29, 0.717) is 24.5 Å². The zero-order valence-corrected chi connectivity index (χ0v) is 17.2. The Hall–Kier alpha value is -2.71. The second-order valence-electron chi connectivity index (χ2n) is 7.21. The molecule has 1 aromatic carbocycles. The van der Waals surface area contributed by atoms with E-state index in [1.165, 1.54) is 10.4 Å². The van der Waals surface area contributed by atoms with E-state index in [-0.39, 0.29) is 17.7 Å². The summed E-state index contributed by atoms with van der Waals surface area (Å²) in [4.78, 5) is 18.5. The van der Waals surface area contributed by atoms with Gasteiger partial charge in [-0.15, -0.1) is 15.7 Å². The van der Waals surface area contributed by atoms with E-state index in [2.05, 4.69) is 28.0 Å². The summed E-state index contributed by atoms with van der Waals surface area (Å²) in [7, 11) is -3.41. The van der Waals surface area contributed by atoms with Gasteiger partial charge in [0, 0.05) is 24.2 Å². The smallest absolute Gasteiger partial charge is 0.256 e. The van der Waals surface area contributed by atoms with Crippen LogP contribution in [-0.4, -0.2) is 48.8 Å². The van der Waals surface area contributed by atoms with E-state index in [0.717, 1.165) is 12.0 Å². The van der Waals surface area contributed by atoms with Gasteiger partial charge in [0.05, 0.1) is 17.4 Å². The maximum absolute atomic E-state index is 13.5. The lowest BCUT2D eigenvalue weighted by molar-refractivity contribution is -0.128. The van der Waals surface area contributed by atoms with Crippen molar-refractivity contribution in [3.05, 3.63) is 81.7 Å². The fourth-order valence-corrected chi connectivity index (χ4v) is 5.90. The molecule has 1 aromatic heterocycles. The Kier molecular flexibility index (Phi) is 4.40. The van der Waals surface area contributed by atoms with Crippen molar-refractivity contribution in [1.29, 1.82) is 0 Å². The van der Waals surface area contributed by atoms with Crippen LogP contribution in [0.5, 0.6) is 0 Å². The molecule has 1 atom stereocenters. The van der Waals surface area contributed by atoms with E-state index in [1.807, 2.05) is 23.1 Å². The van der Waals surface area contributed by atoms with Gasteiger partial charge in [-0.1, -0.05) is 30.3 Å². The minimum absolute atomic E-state index is 0.0447. The normalized spacial score (nSPS) is 22.4. The van der Waals surface area contributed by atoms with Gasteiger partial charge in [-0.25, -0.2) is 8.42 Å². The topological polar surface area (TPSA) is 70.0 Å². The van der Waals surface area contributed by atoms with Crippen molar-refractivity contribution < 1.29 is 13.2 Å². The summed E-state index contributed by atoms with van der Waals surface area (Å²) >= 11 is 1.74. The molecule has 0 bridgehead atoms. The number of amidine groups is 1. The van der Waals surface area contributed by atoms with Crippen LogP contribution in [-0.2, 0) is 21.2 Å². The molecule has 1 amide bonds. The third-order valence-corrected chi connectivity index (χ3v) is 7.57. The molecule has 0 spiro atoms. The molecule has 0 aliphatic carbocycles. The maximum Gasteiger partial charge on any atom is 0.256 e. The molecule has 2 aromatic rings. The van der Waals surface area contributed by atoms with Crippen LogP contribution in [0.2, 0.25) is 0 Å². The predicted molar refractivity (Wildman–Crippen MR) is 113 cm³/mol. The average molecular weight is 426 g/mol. The molecule has 1 unspecified atom stereocenters. The lowest BCUT2D eigenvalue weighted by Crippen LogP contribution is -2.42. The first-order chi connectivity index (χ1) is 14.0. The van der Waals surface area contributed by atoms with Crippen molar-refractivity contribution in [2.75, 3.05) is 18.8 Å². The van der Waals surface area contributed by atoms with Gasteiger partial charge in [-0.05, 0) is 41.1 Å². The molecule has 0 fully saturated rings. The van der Waals surface area contributed by atoms with Crippen LogP contribution >= 0.6 is 11.3 Å². The first-order valence-corrected chi connectivity index (χ1v) is 11.9. The zero-order chi connectivity index (χ0) is 20.0. The Bertz CT molecular complexity index is 1160.